The molecule has 112 valence electrons. The van der Waals surface area contributed by atoms with Crippen molar-refractivity contribution in [2.75, 3.05) is 13.1 Å². The van der Waals surface area contributed by atoms with Crippen LogP contribution < -0.4 is 5.32 Å². The third-order valence-electron chi connectivity index (χ3n) is 3.87. The third kappa shape index (κ3) is 3.82. The van der Waals surface area contributed by atoms with Gasteiger partial charge < -0.3 is 9.47 Å². The molecule has 0 aliphatic carbocycles. The van der Waals surface area contributed by atoms with Crippen LogP contribution in [0.25, 0.3) is 0 Å². The lowest BCUT2D eigenvalue weighted by Crippen LogP contribution is -2.46. The zero-order valence-electron chi connectivity index (χ0n) is 12.6. The number of hydrogen-bond donors (Lipinski definition) is 1. The van der Waals surface area contributed by atoms with Gasteiger partial charge in [-0.25, -0.2) is 4.98 Å². The normalized spacial score (nSPS) is 17.2. The highest BCUT2D eigenvalue weighted by Crippen LogP contribution is 2.10. The van der Waals surface area contributed by atoms with Gasteiger partial charge in [-0.1, -0.05) is 6.92 Å². The molecule has 0 bridgehead atoms. The number of hydrogen-bond acceptors (Lipinski definition) is 3. The Morgan fingerprint density at radius 2 is 2.15 bits per heavy atom. The van der Waals surface area contributed by atoms with Crippen LogP contribution in [0.4, 0.5) is 0 Å². The molecule has 5 heteroatoms. The van der Waals surface area contributed by atoms with E-state index >= 15 is 0 Å². The molecule has 1 aliphatic rings. The number of imidazole rings is 1. The topological polar surface area (TPSA) is 50.2 Å². The van der Waals surface area contributed by atoms with E-state index in [2.05, 4.69) is 21.8 Å². The lowest BCUT2D eigenvalue weighted by Gasteiger charge is -2.29. The number of rotatable bonds is 6. The van der Waals surface area contributed by atoms with Gasteiger partial charge in [0.1, 0.15) is 5.82 Å². The highest BCUT2D eigenvalue weighted by molar-refractivity contribution is 5.81. The summed E-state index contributed by atoms with van der Waals surface area (Å²) < 4.78 is 2.14. The van der Waals surface area contributed by atoms with E-state index in [1.165, 1.54) is 6.42 Å². The molecule has 1 fully saturated rings. The van der Waals surface area contributed by atoms with Gasteiger partial charge >= 0.3 is 0 Å². The molecule has 1 saturated heterocycles. The van der Waals surface area contributed by atoms with E-state index in [0.29, 0.717) is 6.54 Å². The molecule has 1 N–H and O–H groups in total. The summed E-state index contributed by atoms with van der Waals surface area (Å²) in [6, 6.07) is -0.139. The molecule has 1 aromatic heterocycles. The van der Waals surface area contributed by atoms with Crippen molar-refractivity contribution >= 4 is 5.91 Å². The van der Waals surface area contributed by atoms with E-state index < -0.39 is 0 Å². The van der Waals surface area contributed by atoms with E-state index in [4.69, 9.17) is 0 Å². The van der Waals surface area contributed by atoms with E-state index in [9.17, 15) is 4.79 Å². The minimum atomic E-state index is -0.139. The Kier molecular flexibility index (Phi) is 5.59. The predicted molar refractivity (Wildman–Crippen MR) is 79.3 cm³/mol. The molecule has 0 aromatic carbocycles. The lowest BCUT2D eigenvalue weighted by molar-refractivity contribution is -0.133. The Bertz CT molecular complexity index is 423. The molecule has 2 rings (SSSR count). The van der Waals surface area contributed by atoms with Crippen LogP contribution in [-0.2, 0) is 17.9 Å². The highest BCUT2D eigenvalue weighted by atomic mass is 16.2. The molecule has 0 spiro atoms. The summed E-state index contributed by atoms with van der Waals surface area (Å²) in [5.74, 6) is 1.23. The number of nitrogens with one attached hydrogen (secondary N) is 1. The van der Waals surface area contributed by atoms with Gasteiger partial charge in [0, 0.05) is 32.0 Å². The number of aromatic nitrogens is 2. The lowest BCUT2D eigenvalue weighted by atomic mass is 10.1. The highest BCUT2D eigenvalue weighted by Gasteiger charge is 2.21. The minimum absolute atomic E-state index is 0.139. The van der Waals surface area contributed by atoms with Crippen LogP contribution in [0.2, 0.25) is 0 Å². The molecular formula is C15H26N4O. The van der Waals surface area contributed by atoms with Crippen LogP contribution in [0, 0.1) is 0 Å². The van der Waals surface area contributed by atoms with Crippen LogP contribution in [0.3, 0.4) is 0 Å². The maximum absolute atomic E-state index is 12.3. The molecule has 1 amide bonds. The summed E-state index contributed by atoms with van der Waals surface area (Å²) in [6.07, 6.45) is 8.44. The summed E-state index contributed by atoms with van der Waals surface area (Å²) >= 11 is 0. The number of piperidine rings is 1. The van der Waals surface area contributed by atoms with Crippen molar-refractivity contribution in [1.29, 1.82) is 0 Å². The van der Waals surface area contributed by atoms with E-state index in [1.807, 2.05) is 24.2 Å². The molecule has 1 aromatic rings. The summed E-state index contributed by atoms with van der Waals surface area (Å²) in [4.78, 5) is 18.6. The maximum atomic E-state index is 12.3. The van der Waals surface area contributed by atoms with Crippen molar-refractivity contribution in [2.24, 2.45) is 0 Å². The van der Waals surface area contributed by atoms with Gasteiger partial charge in [-0.15, -0.1) is 0 Å². The van der Waals surface area contributed by atoms with Crippen molar-refractivity contribution in [2.45, 2.75) is 58.7 Å². The summed E-state index contributed by atoms with van der Waals surface area (Å²) in [5.41, 5.74) is 0. The Hall–Kier alpha value is -1.36. The Morgan fingerprint density at radius 1 is 1.40 bits per heavy atom. The monoisotopic (exact) mass is 278 g/mol. The third-order valence-corrected chi connectivity index (χ3v) is 3.87. The number of carbonyl (C=O) groups excluding carboxylic acids is 1. The molecular weight excluding hydrogens is 252 g/mol. The fraction of sp³-hybridized carbons (Fsp3) is 0.733. The zero-order chi connectivity index (χ0) is 14.4. The molecule has 0 radical (unpaired) electrons. The molecule has 2 heterocycles. The molecule has 1 atom stereocenters. The van der Waals surface area contributed by atoms with Crippen LogP contribution in [0.15, 0.2) is 12.4 Å². The van der Waals surface area contributed by atoms with Crippen molar-refractivity contribution in [1.82, 2.24) is 19.8 Å². The van der Waals surface area contributed by atoms with Gasteiger partial charge in [-0.2, -0.15) is 0 Å². The molecule has 20 heavy (non-hydrogen) atoms. The van der Waals surface area contributed by atoms with Crippen molar-refractivity contribution in [3.05, 3.63) is 18.2 Å². The van der Waals surface area contributed by atoms with Crippen LogP contribution >= 0.6 is 0 Å². The minimum Gasteiger partial charge on any atom is -0.341 e. The molecule has 0 saturated carbocycles. The van der Waals surface area contributed by atoms with Gasteiger partial charge in [0.05, 0.1) is 12.6 Å². The smallest absolute Gasteiger partial charge is 0.239 e. The Balaban J connectivity index is 1.83. The average Bonchev–Trinajstić information content (AvgIpc) is 2.92. The average molecular weight is 278 g/mol. The van der Waals surface area contributed by atoms with Crippen molar-refractivity contribution in [3.8, 4) is 0 Å². The van der Waals surface area contributed by atoms with Crippen molar-refractivity contribution < 1.29 is 4.79 Å². The van der Waals surface area contributed by atoms with Gasteiger partial charge in [0.25, 0.3) is 0 Å². The predicted octanol–water partition coefficient (Wildman–Crippen LogP) is 1.78. The Labute approximate surface area is 121 Å². The van der Waals surface area contributed by atoms with Crippen LogP contribution in [0.1, 0.15) is 45.4 Å². The summed E-state index contributed by atoms with van der Waals surface area (Å²) in [6.45, 7) is 7.55. The van der Waals surface area contributed by atoms with E-state index in [-0.39, 0.29) is 11.9 Å². The van der Waals surface area contributed by atoms with E-state index in [1.54, 1.807) is 0 Å². The quantitative estimate of drug-likeness (QED) is 0.863. The molecule has 5 nitrogen and oxygen atoms in total. The first kappa shape index (κ1) is 15.0. The first-order valence-corrected chi connectivity index (χ1v) is 7.74. The first-order chi connectivity index (χ1) is 9.72. The SMILES string of the molecule is CCCn1ccnc1CNC(C)C(=O)N1CCCCC1. The summed E-state index contributed by atoms with van der Waals surface area (Å²) in [5, 5.41) is 3.31. The van der Waals surface area contributed by atoms with Crippen LogP contribution in [-0.4, -0.2) is 39.5 Å². The number of carbonyl (C=O) groups is 1. The fourth-order valence-electron chi connectivity index (χ4n) is 2.67. The van der Waals surface area contributed by atoms with Crippen LogP contribution in [0.5, 0.6) is 0 Å². The number of amides is 1. The van der Waals surface area contributed by atoms with Gasteiger partial charge in [0.2, 0.25) is 5.91 Å². The van der Waals surface area contributed by atoms with Gasteiger partial charge in [0.15, 0.2) is 0 Å². The second-order valence-electron chi connectivity index (χ2n) is 5.53. The van der Waals surface area contributed by atoms with Gasteiger partial charge in [-0.05, 0) is 32.6 Å². The second-order valence-corrected chi connectivity index (χ2v) is 5.53. The molecule has 1 aliphatic heterocycles. The number of aryl methyl sites for hydroxylation is 1. The largest absolute Gasteiger partial charge is 0.341 e. The second kappa shape index (κ2) is 7.43. The zero-order valence-corrected chi connectivity index (χ0v) is 12.6. The van der Waals surface area contributed by atoms with E-state index in [0.717, 1.165) is 44.7 Å². The summed E-state index contributed by atoms with van der Waals surface area (Å²) in [7, 11) is 0. The maximum Gasteiger partial charge on any atom is 0.239 e. The first-order valence-electron chi connectivity index (χ1n) is 7.74. The number of nitrogens with zero attached hydrogens (tertiary/aromatic N) is 3. The number of likely N-dealkylation sites (tertiary alicyclic amines) is 1. The fourth-order valence-corrected chi connectivity index (χ4v) is 2.67. The molecule has 1 unspecified atom stereocenters. The standard InChI is InChI=1S/C15H26N4O/c1-3-8-18-11-7-16-14(18)12-17-13(2)15(20)19-9-5-4-6-10-19/h7,11,13,17H,3-6,8-10,12H2,1-2H3. The van der Waals surface area contributed by atoms with Gasteiger partial charge in [-0.3, -0.25) is 10.1 Å². The Morgan fingerprint density at radius 3 is 2.85 bits per heavy atom. The van der Waals surface area contributed by atoms with Crippen molar-refractivity contribution in [3.63, 3.8) is 0 Å².